The number of amides is 1. The number of amidine groups is 1. The van der Waals surface area contributed by atoms with E-state index in [4.69, 9.17) is 10.9 Å². The number of rotatable bonds is 4. The standard InChI is InChI=1S/C14H26N4O2/c1-14(2,13(15)16-20)18-8-6-17(7-9-18)12(19)10-11-4-3-5-11/h11,20H,3-10H2,1-2H3,(H2,15,16). The predicted molar refractivity (Wildman–Crippen MR) is 77.6 cm³/mol. The summed E-state index contributed by atoms with van der Waals surface area (Å²) in [6, 6.07) is 0. The van der Waals surface area contributed by atoms with Gasteiger partial charge < -0.3 is 15.8 Å². The van der Waals surface area contributed by atoms with Crippen molar-refractivity contribution in [3.05, 3.63) is 0 Å². The molecular weight excluding hydrogens is 256 g/mol. The lowest BCUT2D eigenvalue weighted by molar-refractivity contribution is -0.135. The van der Waals surface area contributed by atoms with E-state index < -0.39 is 5.54 Å². The van der Waals surface area contributed by atoms with Crippen molar-refractivity contribution in [2.45, 2.75) is 45.1 Å². The van der Waals surface area contributed by atoms with Crippen LogP contribution in [-0.2, 0) is 4.79 Å². The molecule has 0 aromatic rings. The van der Waals surface area contributed by atoms with Crippen molar-refractivity contribution >= 4 is 11.7 Å². The molecule has 2 rings (SSSR count). The van der Waals surface area contributed by atoms with Gasteiger partial charge in [0.2, 0.25) is 5.91 Å². The maximum Gasteiger partial charge on any atom is 0.222 e. The van der Waals surface area contributed by atoms with Gasteiger partial charge in [-0.25, -0.2) is 0 Å². The molecule has 0 unspecified atom stereocenters. The Labute approximate surface area is 120 Å². The van der Waals surface area contributed by atoms with Crippen molar-refractivity contribution < 1.29 is 10.0 Å². The van der Waals surface area contributed by atoms with Crippen LogP contribution in [0.25, 0.3) is 0 Å². The van der Waals surface area contributed by atoms with Crippen molar-refractivity contribution in [2.24, 2.45) is 16.8 Å². The lowest BCUT2D eigenvalue weighted by Gasteiger charge is -2.43. The summed E-state index contributed by atoms with van der Waals surface area (Å²) in [7, 11) is 0. The number of hydrogen-bond acceptors (Lipinski definition) is 4. The number of carbonyl (C=O) groups is 1. The van der Waals surface area contributed by atoms with Crippen molar-refractivity contribution in [1.82, 2.24) is 9.80 Å². The minimum absolute atomic E-state index is 0.215. The van der Waals surface area contributed by atoms with E-state index in [2.05, 4.69) is 10.1 Å². The van der Waals surface area contributed by atoms with Crippen molar-refractivity contribution in [1.29, 1.82) is 0 Å². The van der Waals surface area contributed by atoms with Gasteiger partial charge in [-0.2, -0.15) is 0 Å². The third kappa shape index (κ3) is 3.06. The molecule has 1 amide bonds. The van der Waals surface area contributed by atoms with E-state index in [1.165, 1.54) is 19.3 Å². The summed E-state index contributed by atoms with van der Waals surface area (Å²) < 4.78 is 0. The number of piperazine rings is 1. The number of nitrogens with zero attached hydrogens (tertiary/aromatic N) is 3. The second-order valence-corrected chi connectivity index (χ2v) is 6.41. The molecule has 0 atom stereocenters. The quantitative estimate of drug-likeness (QED) is 0.346. The highest BCUT2D eigenvalue weighted by Gasteiger charge is 2.35. The largest absolute Gasteiger partial charge is 0.409 e. The second kappa shape index (κ2) is 5.99. The summed E-state index contributed by atoms with van der Waals surface area (Å²) >= 11 is 0. The van der Waals surface area contributed by atoms with Crippen LogP contribution in [0.5, 0.6) is 0 Å². The zero-order valence-electron chi connectivity index (χ0n) is 12.5. The van der Waals surface area contributed by atoms with Crippen LogP contribution >= 0.6 is 0 Å². The smallest absolute Gasteiger partial charge is 0.222 e. The Kier molecular flexibility index (Phi) is 4.52. The van der Waals surface area contributed by atoms with Crippen LogP contribution in [0.2, 0.25) is 0 Å². The van der Waals surface area contributed by atoms with Crippen LogP contribution < -0.4 is 5.73 Å². The van der Waals surface area contributed by atoms with E-state index in [1.54, 1.807) is 0 Å². The molecule has 1 aliphatic carbocycles. The topological polar surface area (TPSA) is 82.2 Å². The molecule has 114 valence electrons. The van der Waals surface area contributed by atoms with Crippen LogP contribution in [0.1, 0.15) is 39.5 Å². The second-order valence-electron chi connectivity index (χ2n) is 6.41. The fourth-order valence-electron chi connectivity index (χ4n) is 2.87. The third-order valence-corrected chi connectivity index (χ3v) is 4.85. The summed E-state index contributed by atoms with van der Waals surface area (Å²) in [6.07, 6.45) is 4.41. The first-order valence-electron chi connectivity index (χ1n) is 7.46. The molecule has 0 bridgehead atoms. The SMILES string of the molecule is CC(C)(C(N)=NO)N1CCN(C(=O)CC2CCC2)CC1. The van der Waals surface area contributed by atoms with Crippen LogP contribution in [-0.4, -0.2) is 58.5 Å². The summed E-state index contributed by atoms with van der Waals surface area (Å²) in [5, 5.41) is 12.0. The molecule has 3 N–H and O–H groups in total. The third-order valence-electron chi connectivity index (χ3n) is 4.85. The highest BCUT2D eigenvalue weighted by molar-refractivity contribution is 5.88. The zero-order chi connectivity index (χ0) is 14.8. The fraction of sp³-hybridized carbons (Fsp3) is 0.857. The maximum atomic E-state index is 12.2. The van der Waals surface area contributed by atoms with Crippen molar-refractivity contribution in [3.8, 4) is 0 Å². The van der Waals surface area contributed by atoms with Crippen molar-refractivity contribution in [2.75, 3.05) is 26.2 Å². The number of carbonyl (C=O) groups excluding carboxylic acids is 1. The summed E-state index contributed by atoms with van der Waals surface area (Å²) in [6.45, 7) is 6.86. The zero-order valence-corrected chi connectivity index (χ0v) is 12.5. The molecule has 0 aromatic carbocycles. The first-order valence-corrected chi connectivity index (χ1v) is 7.46. The first kappa shape index (κ1) is 15.1. The lowest BCUT2D eigenvalue weighted by Crippen LogP contribution is -2.60. The van der Waals surface area contributed by atoms with E-state index in [-0.39, 0.29) is 11.7 Å². The van der Waals surface area contributed by atoms with Gasteiger partial charge in [0.25, 0.3) is 0 Å². The van der Waals surface area contributed by atoms with E-state index in [1.807, 2.05) is 18.7 Å². The highest BCUT2D eigenvalue weighted by Crippen LogP contribution is 2.30. The Morgan fingerprint density at radius 1 is 1.30 bits per heavy atom. The van der Waals surface area contributed by atoms with Gasteiger partial charge in [-0.1, -0.05) is 11.6 Å². The molecule has 2 fully saturated rings. The van der Waals surface area contributed by atoms with Crippen molar-refractivity contribution in [3.63, 3.8) is 0 Å². The van der Waals surface area contributed by atoms with Gasteiger partial charge in [0.1, 0.15) is 0 Å². The molecule has 0 aromatic heterocycles. The molecular formula is C14H26N4O2. The Morgan fingerprint density at radius 3 is 2.35 bits per heavy atom. The van der Waals surface area contributed by atoms with E-state index >= 15 is 0 Å². The minimum Gasteiger partial charge on any atom is -0.409 e. The van der Waals surface area contributed by atoms with Gasteiger partial charge in [-0.15, -0.1) is 0 Å². The van der Waals surface area contributed by atoms with Gasteiger partial charge in [-0.3, -0.25) is 9.69 Å². The average molecular weight is 282 g/mol. The van der Waals surface area contributed by atoms with Crippen LogP contribution in [0.3, 0.4) is 0 Å². The van der Waals surface area contributed by atoms with Gasteiger partial charge in [0, 0.05) is 32.6 Å². The van der Waals surface area contributed by atoms with E-state index in [0.29, 0.717) is 12.3 Å². The fourth-order valence-corrected chi connectivity index (χ4v) is 2.87. The molecule has 0 spiro atoms. The first-order chi connectivity index (χ1) is 9.45. The number of nitrogens with two attached hydrogens (primary N) is 1. The van der Waals surface area contributed by atoms with E-state index in [0.717, 1.165) is 26.2 Å². The molecule has 2 aliphatic rings. The molecule has 1 heterocycles. The minimum atomic E-state index is -0.474. The molecule has 6 heteroatoms. The molecule has 20 heavy (non-hydrogen) atoms. The van der Waals surface area contributed by atoms with Crippen LogP contribution in [0.4, 0.5) is 0 Å². The Bertz CT molecular complexity index is 383. The Balaban J connectivity index is 1.84. The van der Waals surface area contributed by atoms with Gasteiger partial charge in [-0.05, 0) is 32.6 Å². The van der Waals surface area contributed by atoms with Gasteiger partial charge in [0.15, 0.2) is 5.84 Å². The van der Waals surface area contributed by atoms with Crippen LogP contribution in [0.15, 0.2) is 5.16 Å². The normalized spacial score (nSPS) is 22.7. The highest BCUT2D eigenvalue weighted by atomic mass is 16.4. The summed E-state index contributed by atoms with van der Waals surface area (Å²) in [5.41, 5.74) is 5.27. The molecule has 1 aliphatic heterocycles. The molecule has 1 saturated carbocycles. The number of oxime groups is 1. The number of hydrogen-bond donors (Lipinski definition) is 2. The monoisotopic (exact) mass is 282 g/mol. The van der Waals surface area contributed by atoms with Crippen LogP contribution in [0, 0.1) is 5.92 Å². The Morgan fingerprint density at radius 2 is 1.90 bits per heavy atom. The molecule has 0 radical (unpaired) electrons. The molecule has 6 nitrogen and oxygen atoms in total. The van der Waals surface area contributed by atoms with Gasteiger partial charge in [0.05, 0.1) is 5.54 Å². The Hall–Kier alpha value is -1.30. The summed E-state index contributed by atoms with van der Waals surface area (Å²) in [4.78, 5) is 16.3. The predicted octanol–water partition coefficient (Wildman–Crippen LogP) is 0.846. The van der Waals surface area contributed by atoms with Gasteiger partial charge >= 0.3 is 0 Å². The average Bonchev–Trinajstić information content (AvgIpc) is 2.41. The maximum absolute atomic E-state index is 12.2. The lowest BCUT2D eigenvalue weighted by atomic mass is 9.82. The molecule has 1 saturated heterocycles. The summed E-state index contributed by atoms with van der Waals surface area (Å²) in [5.74, 6) is 1.12. The van der Waals surface area contributed by atoms with E-state index in [9.17, 15) is 4.79 Å².